The molecule has 0 aliphatic rings. The maximum atomic E-state index is 10.8. The van der Waals surface area contributed by atoms with Crippen molar-refractivity contribution in [3.63, 3.8) is 0 Å². The number of hydrogen-bond donors (Lipinski definition) is 2. The molecule has 2 aromatic rings. The topological polar surface area (TPSA) is 40.5 Å². The third-order valence-electron chi connectivity index (χ3n) is 6.38. The van der Waals surface area contributed by atoms with E-state index in [1.807, 2.05) is 12.1 Å². The SMILES string of the molecule is CCC(C)c1cc(O)c(C(C)(C)C)cc1Sc1cc(C(C)(C)C)c(O)cc1C(C)CC. The molecule has 31 heavy (non-hydrogen) atoms. The van der Waals surface area contributed by atoms with Gasteiger partial charge < -0.3 is 10.2 Å². The Morgan fingerprint density at radius 1 is 0.677 bits per heavy atom. The van der Waals surface area contributed by atoms with E-state index in [-0.39, 0.29) is 10.8 Å². The molecule has 2 atom stereocenters. The van der Waals surface area contributed by atoms with Crippen LogP contribution in [0.15, 0.2) is 34.1 Å². The van der Waals surface area contributed by atoms with Crippen molar-refractivity contribution in [1.82, 2.24) is 0 Å². The van der Waals surface area contributed by atoms with Crippen molar-refractivity contribution in [3.05, 3.63) is 46.5 Å². The Labute approximate surface area is 194 Å². The zero-order chi connectivity index (χ0) is 23.7. The van der Waals surface area contributed by atoms with E-state index >= 15 is 0 Å². The molecule has 3 heteroatoms. The van der Waals surface area contributed by atoms with E-state index < -0.39 is 0 Å². The van der Waals surface area contributed by atoms with Gasteiger partial charge in [-0.1, -0.05) is 81.0 Å². The van der Waals surface area contributed by atoms with Crippen LogP contribution in [-0.4, -0.2) is 10.2 Å². The lowest BCUT2D eigenvalue weighted by Gasteiger charge is -2.27. The molecule has 0 heterocycles. The van der Waals surface area contributed by atoms with Gasteiger partial charge in [0.2, 0.25) is 0 Å². The molecule has 2 rings (SSSR count). The molecule has 0 saturated heterocycles. The Kier molecular flexibility index (Phi) is 7.85. The maximum Gasteiger partial charge on any atom is 0.119 e. The molecule has 0 aliphatic carbocycles. The second kappa shape index (κ2) is 9.48. The van der Waals surface area contributed by atoms with Gasteiger partial charge in [-0.05, 0) is 70.9 Å². The minimum absolute atomic E-state index is 0.140. The van der Waals surface area contributed by atoms with Crippen LogP contribution >= 0.6 is 11.8 Å². The van der Waals surface area contributed by atoms with Crippen molar-refractivity contribution in [2.75, 3.05) is 0 Å². The molecule has 2 N–H and O–H groups in total. The Bertz CT molecular complexity index is 841. The van der Waals surface area contributed by atoms with Crippen LogP contribution in [0.3, 0.4) is 0 Å². The summed E-state index contributed by atoms with van der Waals surface area (Å²) >= 11 is 1.78. The molecule has 0 aliphatic heterocycles. The number of benzene rings is 2. The first-order valence-corrected chi connectivity index (χ1v) is 12.4. The van der Waals surface area contributed by atoms with Gasteiger partial charge in [-0.15, -0.1) is 0 Å². The number of hydrogen-bond acceptors (Lipinski definition) is 3. The highest BCUT2D eigenvalue weighted by atomic mass is 32.2. The maximum absolute atomic E-state index is 10.8. The molecule has 2 nitrogen and oxygen atoms in total. The van der Waals surface area contributed by atoms with Gasteiger partial charge in [-0.2, -0.15) is 0 Å². The van der Waals surface area contributed by atoms with E-state index in [4.69, 9.17) is 0 Å². The lowest BCUT2D eigenvalue weighted by Crippen LogP contribution is -2.13. The van der Waals surface area contributed by atoms with Crippen LogP contribution in [-0.2, 0) is 10.8 Å². The zero-order valence-corrected chi connectivity index (χ0v) is 22.0. The largest absolute Gasteiger partial charge is 0.508 e. The molecule has 0 fully saturated rings. The molecule has 2 unspecified atom stereocenters. The summed E-state index contributed by atoms with van der Waals surface area (Å²) in [7, 11) is 0. The molecule has 0 radical (unpaired) electrons. The molecule has 0 bridgehead atoms. The van der Waals surface area contributed by atoms with Crippen molar-refractivity contribution in [3.8, 4) is 11.5 Å². The summed E-state index contributed by atoms with van der Waals surface area (Å²) in [4.78, 5) is 2.40. The first-order valence-electron chi connectivity index (χ1n) is 11.6. The second-order valence-electron chi connectivity index (χ2n) is 11.0. The summed E-state index contributed by atoms with van der Waals surface area (Å²) in [6.45, 7) is 21.7. The quantitative estimate of drug-likeness (QED) is 0.469. The Morgan fingerprint density at radius 3 is 1.26 bits per heavy atom. The summed E-state index contributed by atoms with van der Waals surface area (Å²) in [5.74, 6) is 1.48. The average molecular weight is 443 g/mol. The van der Waals surface area contributed by atoms with Crippen LogP contribution in [0, 0.1) is 0 Å². The molecule has 0 aromatic heterocycles. The summed E-state index contributed by atoms with van der Waals surface area (Å²) in [6.07, 6.45) is 2.03. The number of phenols is 2. The highest BCUT2D eigenvalue weighted by Crippen LogP contribution is 2.46. The standard InChI is InChI=1S/C28H42O2S/c1-11-17(3)19-13-23(29)21(27(5,6)7)15-25(19)31-26-16-22(28(8,9)10)24(30)14-20(26)18(4)12-2/h13-18,29-30H,11-12H2,1-10H3. The highest BCUT2D eigenvalue weighted by Gasteiger charge is 2.25. The fourth-order valence-corrected chi connectivity index (χ4v) is 5.22. The highest BCUT2D eigenvalue weighted by molar-refractivity contribution is 7.99. The summed E-state index contributed by atoms with van der Waals surface area (Å²) < 4.78 is 0. The lowest BCUT2D eigenvalue weighted by atomic mass is 9.84. The average Bonchev–Trinajstić information content (AvgIpc) is 2.66. The first-order chi connectivity index (χ1) is 14.2. The van der Waals surface area contributed by atoms with Crippen LogP contribution in [0.4, 0.5) is 0 Å². The third-order valence-corrected chi connectivity index (χ3v) is 7.53. The van der Waals surface area contributed by atoms with Crippen LogP contribution in [0.5, 0.6) is 11.5 Å². The van der Waals surface area contributed by atoms with E-state index in [1.54, 1.807) is 11.8 Å². The van der Waals surface area contributed by atoms with Crippen LogP contribution < -0.4 is 0 Å². The fraction of sp³-hybridized carbons (Fsp3) is 0.571. The zero-order valence-electron chi connectivity index (χ0n) is 21.2. The molecule has 0 saturated carbocycles. The molecule has 0 spiro atoms. The molecule has 0 amide bonds. The van der Waals surface area contributed by atoms with E-state index in [9.17, 15) is 10.2 Å². The normalized spacial score (nSPS) is 14.5. The Balaban J connectivity index is 2.75. The van der Waals surface area contributed by atoms with Gasteiger partial charge in [-0.3, -0.25) is 0 Å². The van der Waals surface area contributed by atoms with Gasteiger partial charge in [0.05, 0.1) is 0 Å². The molecular formula is C28H42O2S. The van der Waals surface area contributed by atoms with Crippen molar-refractivity contribution in [2.45, 2.75) is 115 Å². The van der Waals surface area contributed by atoms with Crippen LogP contribution in [0.1, 0.15) is 116 Å². The van der Waals surface area contributed by atoms with E-state index in [0.717, 1.165) is 24.0 Å². The lowest BCUT2D eigenvalue weighted by molar-refractivity contribution is 0.443. The van der Waals surface area contributed by atoms with Gasteiger partial charge in [0, 0.05) is 20.9 Å². The van der Waals surface area contributed by atoms with Crippen molar-refractivity contribution < 1.29 is 10.2 Å². The number of aromatic hydroxyl groups is 2. The predicted octanol–water partition coefficient (Wildman–Crippen LogP) is 8.87. The Hall–Kier alpha value is -1.61. The summed E-state index contributed by atoms with van der Waals surface area (Å²) in [5.41, 5.74) is 4.05. The predicted molar refractivity (Wildman–Crippen MR) is 135 cm³/mol. The minimum Gasteiger partial charge on any atom is -0.508 e. The van der Waals surface area contributed by atoms with E-state index in [1.165, 1.54) is 20.9 Å². The van der Waals surface area contributed by atoms with Gasteiger partial charge >= 0.3 is 0 Å². The Morgan fingerprint density at radius 2 is 1.00 bits per heavy atom. The minimum atomic E-state index is -0.140. The second-order valence-corrected chi connectivity index (χ2v) is 12.1. The van der Waals surface area contributed by atoms with Crippen LogP contribution in [0.2, 0.25) is 0 Å². The third kappa shape index (κ3) is 5.80. The smallest absolute Gasteiger partial charge is 0.119 e. The van der Waals surface area contributed by atoms with Crippen LogP contribution in [0.25, 0.3) is 0 Å². The van der Waals surface area contributed by atoms with Crippen molar-refractivity contribution in [2.24, 2.45) is 0 Å². The number of rotatable bonds is 6. The van der Waals surface area contributed by atoms with Crippen molar-refractivity contribution >= 4 is 11.8 Å². The van der Waals surface area contributed by atoms with Gasteiger partial charge in [0.15, 0.2) is 0 Å². The van der Waals surface area contributed by atoms with Gasteiger partial charge in [0.1, 0.15) is 11.5 Å². The summed E-state index contributed by atoms with van der Waals surface area (Å²) in [6, 6.07) is 8.33. The van der Waals surface area contributed by atoms with E-state index in [2.05, 4.69) is 81.4 Å². The fourth-order valence-electron chi connectivity index (χ4n) is 3.88. The molecule has 172 valence electrons. The van der Waals surface area contributed by atoms with Gasteiger partial charge in [0.25, 0.3) is 0 Å². The first kappa shape index (κ1) is 25.6. The molecular weight excluding hydrogens is 400 g/mol. The molecule has 2 aromatic carbocycles. The summed E-state index contributed by atoms with van der Waals surface area (Å²) in [5, 5.41) is 21.6. The van der Waals surface area contributed by atoms with E-state index in [0.29, 0.717) is 23.3 Å². The number of phenolic OH excluding ortho intramolecular Hbond substituents is 2. The van der Waals surface area contributed by atoms with Crippen molar-refractivity contribution in [1.29, 1.82) is 0 Å². The monoisotopic (exact) mass is 442 g/mol. The van der Waals surface area contributed by atoms with Gasteiger partial charge in [-0.25, -0.2) is 0 Å².